The number of aliphatic hydroxyl groups excluding tert-OH is 1. The summed E-state index contributed by atoms with van der Waals surface area (Å²) in [5.74, 6) is 0.950. The molecule has 1 fully saturated rings. The standard InChI is InChI=1S/C28H38N4O5/c1-28(2,3)37-27(35)32-18-22-7-5-4-6-20(22)14-23(32)24(33)17-31-26(34)21-8-9-25(30-16-21)29-15-19-10-12-36-13-11-19/h4-9,16,19,23-24,33H,10-15,17-18H2,1-3H3,(H,29,30)(H,31,34)/t23-,24?/m0/s1. The quantitative estimate of drug-likeness (QED) is 0.523. The molecule has 1 saturated heterocycles. The molecule has 1 aromatic carbocycles. The molecule has 0 radical (unpaired) electrons. The average molecular weight is 511 g/mol. The van der Waals surface area contributed by atoms with Gasteiger partial charge >= 0.3 is 6.09 Å². The van der Waals surface area contributed by atoms with Crippen LogP contribution in [0.3, 0.4) is 0 Å². The molecule has 3 heterocycles. The molecule has 9 nitrogen and oxygen atoms in total. The molecule has 2 aromatic rings. The molecule has 2 aliphatic heterocycles. The zero-order chi connectivity index (χ0) is 26.4. The van der Waals surface area contributed by atoms with Crippen LogP contribution in [0.25, 0.3) is 0 Å². The number of ether oxygens (including phenoxy) is 2. The first-order chi connectivity index (χ1) is 17.7. The van der Waals surface area contributed by atoms with Crippen molar-refractivity contribution in [3.8, 4) is 0 Å². The van der Waals surface area contributed by atoms with Gasteiger partial charge < -0.3 is 25.2 Å². The number of aliphatic hydroxyl groups is 1. The normalized spacial score (nSPS) is 19.0. The van der Waals surface area contributed by atoms with Crippen LogP contribution in [0.4, 0.5) is 10.6 Å². The van der Waals surface area contributed by atoms with Crippen molar-refractivity contribution < 1.29 is 24.2 Å². The van der Waals surface area contributed by atoms with Gasteiger partial charge in [-0.2, -0.15) is 0 Å². The summed E-state index contributed by atoms with van der Waals surface area (Å²) >= 11 is 0. The van der Waals surface area contributed by atoms with E-state index in [-0.39, 0.29) is 12.5 Å². The Morgan fingerprint density at radius 3 is 2.57 bits per heavy atom. The van der Waals surface area contributed by atoms with Crippen molar-refractivity contribution in [2.75, 3.05) is 31.6 Å². The van der Waals surface area contributed by atoms with Crippen molar-refractivity contribution in [1.29, 1.82) is 0 Å². The van der Waals surface area contributed by atoms with Gasteiger partial charge in [0.1, 0.15) is 11.4 Å². The van der Waals surface area contributed by atoms with Gasteiger partial charge in [0.2, 0.25) is 0 Å². The fraction of sp³-hybridized carbons (Fsp3) is 0.536. The fourth-order valence-corrected chi connectivity index (χ4v) is 4.68. The van der Waals surface area contributed by atoms with Crippen LogP contribution in [0.5, 0.6) is 0 Å². The number of amides is 2. The molecule has 0 bridgehead atoms. The Morgan fingerprint density at radius 2 is 1.89 bits per heavy atom. The summed E-state index contributed by atoms with van der Waals surface area (Å²) < 4.78 is 11.0. The summed E-state index contributed by atoms with van der Waals surface area (Å²) in [6, 6.07) is 10.8. The smallest absolute Gasteiger partial charge is 0.410 e. The number of aromatic nitrogens is 1. The van der Waals surface area contributed by atoms with E-state index in [9.17, 15) is 14.7 Å². The van der Waals surface area contributed by atoms with Crippen molar-refractivity contribution in [3.05, 3.63) is 59.3 Å². The molecule has 2 amide bonds. The van der Waals surface area contributed by atoms with E-state index in [1.54, 1.807) is 17.0 Å². The van der Waals surface area contributed by atoms with Crippen molar-refractivity contribution in [2.24, 2.45) is 5.92 Å². The number of carbonyl (C=O) groups is 2. The predicted octanol–water partition coefficient (Wildman–Crippen LogP) is 3.37. The highest BCUT2D eigenvalue weighted by Gasteiger charge is 2.36. The Morgan fingerprint density at radius 1 is 1.16 bits per heavy atom. The summed E-state index contributed by atoms with van der Waals surface area (Å²) in [4.78, 5) is 31.6. The molecule has 2 atom stereocenters. The highest BCUT2D eigenvalue weighted by atomic mass is 16.6. The molecule has 3 N–H and O–H groups in total. The van der Waals surface area contributed by atoms with Crippen molar-refractivity contribution in [1.82, 2.24) is 15.2 Å². The topological polar surface area (TPSA) is 113 Å². The molecule has 0 saturated carbocycles. The second-order valence-corrected chi connectivity index (χ2v) is 10.8. The van der Waals surface area contributed by atoms with Crippen molar-refractivity contribution in [2.45, 2.75) is 64.3 Å². The summed E-state index contributed by atoms with van der Waals surface area (Å²) in [5, 5.41) is 17.2. The van der Waals surface area contributed by atoms with Gasteiger partial charge in [0.15, 0.2) is 0 Å². The van der Waals surface area contributed by atoms with E-state index >= 15 is 0 Å². The zero-order valence-corrected chi connectivity index (χ0v) is 21.9. The molecule has 200 valence electrons. The number of anilines is 1. The van der Waals surface area contributed by atoms with Crippen LogP contribution < -0.4 is 10.6 Å². The van der Waals surface area contributed by atoms with Gasteiger partial charge in [-0.1, -0.05) is 24.3 Å². The van der Waals surface area contributed by atoms with E-state index < -0.39 is 23.8 Å². The maximum atomic E-state index is 13.0. The third-order valence-corrected chi connectivity index (χ3v) is 6.77. The Hall–Kier alpha value is -3.17. The maximum Gasteiger partial charge on any atom is 0.410 e. The Labute approximate surface area is 218 Å². The first kappa shape index (κ1) is 26.9. The number of fused-ring (bicyclic) bond motifs is 1. The fourth-order valence-electron chi connectivity index (χ4n) is 4.68. The Kier molecular flexibility index (Phi) is 8.66. The molecule has 0 aliphatic carbocycles. The average Bonchev–Trinajstić information content (AvgIpc) is 2.89. The molecule has 37 heavy (non-hydrogen) atoms. The molecule has 1 unspecified atom stereocenters. The van der Waals surface area contributed by atoms with Crippen LogP contribution >= 0.6 is 0 Å². The van der Waals surface area contributed by atoms with Crippen LogP contribution in [0, 0.1) is 5.92 Å². The largest absolute Gasteiger partial charge is 0.444 e. The lowest BCUT2D eigenvalue weighted by atomic mass is 9.91. The number of benzene rings is 1. The van der Waals surface area contributed by atoms with Gasteiger partial charge in [0.05, 0.1) is 17.7 Å². The minimum Gasteiger partial charge on any atom is -0.444 e. The SMILES string of the molecule is CC(C)(C)OC(=O)N1Cc2ccccc2C[C@H]1C(O)CNC(=O)c1ccc(NCC2CCOCC2)nc1. The number of nitrogens with one attached hydrogen (secondary N) is 2. The van der Waals surface area contributed by atoms with Gasteiger partial charge in [0.25, 0.3) is 5.91 Å². The van der Waals surface area contributed by atoms with Crippen LogP contribution in [-0.4, -0.2) is 71.0 Å². The van der Waals surface area contributed by atoms with Crippen LogP contribution in [-0.2, 0) is 22.4 Å². The van der Waals surface area contributed by atoms with Gasteiger partial charge in [-0.3, -0.25) is 9.69 Å². The third kappa shape index (κ3) is 7.42. The van der Waals surface area contributed by atoms with Crippen LogP contribution in [0.15, 0.2) is 42.6 Å². The van der Waals surface area contributed by atoms with Gasteiger partial charge in [-0.25, -0.2) is 9.78 Å². The second kappa shape index (κ2) is 11.9. The molecule has 4 rings (SSSR count). The van der Waals surface area contributed by atoms with E-state index in [1.165, 1.54) is 6.20 Å². The lowest BCUT2D eigenvalue weighted by molar-refractivity contribution is -0.0113. The number of hydrogen-bond donors (Lipinski definition) is 3. The lowest BCUT2D eigenvalue weighted by Crippen LogP contribution is -2.54. The highest BCUT2D eigenvalue weighted by molar-refractivity contribution is 5.94. The maximum absolute atomic E-state index is 13.0. The highest BCUT2D eigenvalue weighted by Crippen LogP contribution is 2.27. The Bertz CT molecular complexity index is 1060. The van der Waals surface area contributed by atoms with E-state index in [0.717, 1.165) is 49.5 Å². The molecular weight excluding hydrogens is 472 g/mol. The van der Waals surface area contributed by atoms with Gasteiger partial charge in [-0.05, 0) is 69.2 Å². The van der Waals surface area contributed by atoms with Crippen LogP contribution in [0.2, 0.25) is 0 Å². The van der Waals surface area contributed by atoms with E-state index in [0.29, 0.717) is 24.4 Å². The summed E-state index contributed by atoms with van der Waals surface area (Å²) in [5.41, 5.74) is 1.85. The Balaban J connectivity index is 1.34. The van der Waals surface area contributed by atoms with Crippen molar-refractivity contribution in [3.63, 3.8) is 0 Å². The second-order valence-electron chi connectivity index (χ2n) is 10.8. The third-order valence-electron chi connectivity index (χ3n) is 6.77. The zero-order valence-electron chi connectivity index (χ0n) is 21.9. The number of nitrogens with zero attached hydrogens (tertiary/aromatic N) is 2. The van der Waals surface area contributed by atoms with E-state index in [2.05, 4.69) is 15.6 Å². The summed E-state index contributed by atoms with van der Waals surface area (Å²) in [7, 11) is 0. The van der Waals surface area contributed by atoms with E-state index in [1.807, 2.05) is 45.0 Å². The first-order valence-electron chi connectivity index (χ1n) is 13.0. The molecule has 9 heteroatoms. The first-order valence-corrected chi connectivity index (χ1v) is 13.0. The number of pyridine rings is 1. The minimum absolute atomic E-state index is 0.00524. The molecule has 1 aromatic heterocycles. The van der Waals surface area contributed by atoms with E-state index in [4.69, 9.17) is 9.47 Å². The number of carbonyl (C=O) groups excluding carboxylic acids is 2. The predicted molar refractivity (Wildman–Crippen MR) is 140 cm³/mol. The molecule has 0 spiro atoms. The molecule has 2 aliphatic rings. The number of hydrogen-bond acceptors (Lipinski definition) is 7. The molecular formula is C28H38N4O5. The minimum atomic E-state index is -0.974. The van der Waals surface area contributed by atoms with Gasteiger partial charge in [-0.15, -0.1) is 0 Å². The summed E-state index contributed by atoms with van der Waals surface area (Å²) in [6.07, 6.45) is 2.62. The van der Waals surface area contributed by atoms with Crippen LogP contribution in [0.1, 0.15) is 55.1 Å². The lowest BCUT2D eigenvalue weighted by Gasteiger charge is -2.40. The number of rotatable bonds is 7. The summed E-state index contributed by atoms with van der Waals surface area (Å²) in [6.45, 7) is 8.20. The monoisotopic (exact) mass is 510 g/mol. The van der Waals surface area contributed by atoms with Gasteiger partial charge in [0, 0.05) is 39.0 Å². The van der Waals surface area contributed by atoms with Crippen molar-refractivity contribution >= 4 is 17.8 Å².